The summed E-state index contributed by atoms with van der Waals surface area (Å²) in [6, 6.07) is 16.1. The van der Waals surface area contributed by atoms with E-state index in [-0.39, 0.29) is 18.4 Å². The molecule has 1 atom stereocenters. The lowest BCUT2D eigenvalue weighted by Crippen LogP contribution is -2.46. The Labute approximate surface area is 211 Å². The zero-order valence-corrected chi connectivity index (χ0v) is 21.2. The molecule has 8 heteroatoms. The topological polar surface area (TPSA) is 93.0 Å². The third kappa shape index (κ3) is 5.59. The van der Waals surface area contributed by atoms with Gasteiger partial charge < -0.3 is 5.32 Å². The summed E-state index contributed by atoms with van der Waals surface area (Å²) in [5, 5.41) is 11.4. The minimum Gasteiger partial charge on any atom is -0.354 e. The van der Waals surface area contributed by atoms with E-state index in [0.717, 1.165) is 23.1 Å². The SMILES string of the molecule is Cc1ccc(C)c(N(C(=O)Cn2nnc3ccccc32)[C@@H](C(=O)NCCC(C)C)c2ccncc2)c1. The number of carbonyl (C=O) groups excluding carboxylic acids is 2. The van der Waals surface area contributed by atoms with E-state index >= 15 is 0 Å². The van der Waals surface area contributed by atoms with Crippen molar-refractivity contribution in [2.24, 2.45) is 5.92 Å². The second-order valence-electron chi connectivity index (χ2n) is 9.45. The van der Waals surface area contributed by atoms with Crippen molar-refractivity contribution in [3.8, 4) is 0 Å². The second-order valence-corrected chi connectivity index (χ2v) is 9.45. The summed E-state index contributed by atoms with van der Waals surface area (Å²) in [6.07, 6.45) is 4.12. The van der Waals surface area contributed by atoms with Crippen molar-refractivity contribution < 1.29 is 9.59 Å². The first-order valence-electron chi connectivity index (χ1n) is 12.2. The van der Waals surface area contributed by atoms with Crippen molar-refractivity contribution in [3.63, 3.8) is 0 Å². The van der Waals surface area contributed by atoms with Gasteiger partial charge in [-0.15, -0.1) is 5.10 Å². The lowest BCUT2D eigenvalue weighted by Gasteiger charge is -2.33. The molecule has 0 spiro atoms. The van der Waals surface area contributed by atoms with E-state index in [4.69, 9.17) is 0 Å². The van der Waals surface area contributed by atoms with Crippen LogP contribution in [0.4, 0.5) is 5.69 Å². The van der Waals surface area contributed by atoms with Gasteiger partial charge in [0, 0.05) is 24.6 Å². The molecule has 36 heavy (non-hydrogen) atoms. The average molecular weight is 485 g/mol. The highest BCUT2D eigenvalue weighted by Gasteiger charge is 2.34. The quantitative estimate of drug-likeness (QED) is 0.381. The van der Waals surface area contributed by atoms with E-state index in [1.807, 2.05) is 56.3 Å². The first-order chi connectivity index (χ1) is 17.3. The van der Waals surface area contributed by atoms with Crippen LogP contribution < -0.4 is 10.2 Å². The van der Waals surface area contributed by atoms with Crippen LogP contribution in [0, 0.1) is 19.8 Å². The molecule has 0 aliphatic carbocycles. The van der Waals surface area contributed by atoms with E-state index in [2.05, 4.69) is 34.5 Å². The van der Waals surface area contributed by atoms with Crippen LogP contribution >= 0.6 is 0 Å². The number of benzene rings is 2. The Morgan fingerprint density at radius 3 is 2.53 bits per heavy atom. The van der Waals surface area contributed by atoms with Crippen LogP contribution in [0.5, 0.6) is 0 Å². The maximum absolute atomic E-state index is 14.1. The molecular formula is C28H32N6O2. The molecule has 2 aromatic carbocycles. The van der Waals surface area contributed by atoms with Gasteiger partial charge in [-0.3, -0.25) is 19.5 Å². The Morgan fingerprint density at radius 1 is 1.03 bits per heavy atom. The predicted molar refractivity (Wildman–Crippen MR) is 140 cm³/mol. The standard InChI is InChI=1S/C28H32N6O2/c1-19(2)11-16-30-28(36)27(22-12-14-29-15-13-22)34(25-17-20(3)9-10-21(25)4)26(35)18-33-24-8-6-5-7-23(24)31-32-33/h5-10,12-15,17,19,27H,11,16,18H2,1-4H3,(H,30,36)/t27-/m1/s1. The van der Waals surface area contributed by atoms with Crippen LogP contribution in [-0.2, 0) is 16.1 Å². The summed E-state index contributed by atoms with van der Waals surface area (Å²) in [5.41, 5.74) is 4.73. The summed E-state index contributed by atoms with van der Waals surface area (Å²) in [7, 11) is 0. The van der Waals surface area contributed by atoms with Crippen LogP contribution in [0.1, 0.15) is 43.0 Å². The molecule has 0 fully saturated rings. The normalized spacial score (nSPS) is 12.0. The molecule has 8 nitrogen and oxygen atoms in total. The summed E-state index contributed by atoms with van der Waals surface area (Å²) >= 11 is 0. The average Bonchev–Trinajstić information content (AvgIpc) is 3.27. The highest BCUT2D eigenvalue weighted by molar-refractivity contribution is 6.02. The number of pyridine rings is 1. The number of hydrogen-bond acceptors (Lipinski definition) is 5. The van der Waals surface area contributed by atoms with Gasteiger partial charge in [0.15, 0.2) is 0 Å². The number of hydrogen-bond donors (Lipinski definition) is 1. The van der Waals surface area contributed by atoms with Crippen molar-refractivity contribution in [1.29, 1.82) is 0 Å². The smallest absolute Gasteiger partial charge is 0.249 e. The van der Waals surface area contributed by atoms with E-state index in [9.17, 15) is 9.59 Å². The second kappa shape index (κ2) is 11.1. The molecule has 0 unspecified atom stereocenters. The van der Waals surface area contributed by atoms with Crippen LogP contribution in [-0.4, -0.2) is 38.3 Å². The number of nitrogens with zero attached hydrogens (tertiary/aromatic N) is 5. The molecular weight excluding hydrogens is 452 g/mol. The fourth-order valence-electron chi connectivity index (χ4n) is 4.18. The molecule has 4 aromatic rings. The molecule has 0 aliphatic rings. The number of aromatic nitrogens is 4. The van der Waals surface area contributed by atoms with Crippen molar-refractivity contribution in [2.75, 3.05) is 11.4 Å². The molecule has 1 N–H and O–H groups in total. The van der Waals surface area contributed by atoms with Gasteiger partial charge in [0.05, 0.1) is 5.52 Å². The molecule has 0 saturated heterocycles. The molecule has 2 amide bonds. The van der Waals surface area contributed by atoms with Crippen LogP contribution in [0.2, 0.25) is 0 Å². The summed E-state index contributed by atoms with van der Waals surface area (Å²) in [4.78, 5) is 33.5. The predicted octanol–water partition coefficient (Wildman–Crippen LogP) is 4.38. The van der Waals surface area contributed by atoms with E-state index < -0.39 is 6.04 Å². The van der Waals surface area contributed by atoms with Crippen LogP contribution in [0.3, 0.4) is 0 Å². The first-order valence-corrected chi connectivity index (χ1v) is 12.2. The van der Waals surface area contributed by atoms with Gasteiger partial charge in [0.2, 0.25) is 11.8 Å². The molecule has 0 bridgehead atoms. The maximum Gasteiger partial charge on any atom is 0.249 e. The summed E-state index contributed by atoms with van der Waals surface area (Å²) in [5.74, 6) is -0.0539. The van der Waals surface area contributed by atoms with Crippen LogP contribution in [0.15, 0.2) is 67.0 Å². The number of amides is 2. The van der Waals surface area contributed by atoms with Crippen molar-refractivity contribution >= 4 is 28.5 Å². The number of fused-ring (bicyclic) bond motifs is 1. The molecule has 2 aromatic heterocycles. The highest BCUT2D eigenvalue weighted by Crippen LogP contribution is 2.32. The Balaban J connectivity index is 1.78. The number of carbonyl (C=O) groups is 2. The molecule has 0 radical (unpaired) electrons. The Bertz CT molecular complexity index is 1350. The lowest BCUT2D eigenvalue weighted by molar-refractivity contribution is -0.127. The number of para-hydroxylation sites is 1. The summed E-state index contributed by atoms with van der Waals surface area (Å²) in [6.45, 7) is 8.61. The van der Waals surface area contributed by atoms with Gasteiger partial charge in [-0.25, -0.2) is 4.68 Å². The first kappa shape index (κ1) is 25.0. The lowest BCUT2D eigenvalue weighted by atomic mass is 10.0. The van der Waals surface area contributed by atoms with Gasteiger partial charge >= 0.3 is 0 Å². The van der Waals surface area contributed by atoms with Gasteiger partial charge in [-0.05, 0) is 73.2 Å². The third-order valence-electron chi connectivity index (χ3n) is 6.15. The molecule has 0 aliphatic heterocycles. The molecule has 2 heterocycles. The Hall–Kier alpha value is -4.07. The monoisotopic (exact) mass is 484 g/mol. The zero-order chi connectivity index (χ0) is 25.7. The maximum atomic E-state index is 14.1. The van der Waals surface area contributed by atoms with Gasteiger partial charge in [-0.2, -0.15) is 0 Å². The molecule has 0 saturated carbocycles. The van der Waals surface area contributed by atoms with Crippen molar-refractivity contribution in [2.45, 2.75) is 46.7 Å². The number of anilines is 1. The van der Waals surface area contributed by atoms with E-state index in [1.54, 1.807) is 34.1 Å². The number of aryl methyl sites for hydroxylation is 2. The Kier molecular flexibility index (Phi) is 7.73. The minimum absolute atomic E-state index is 0.0608. The summed E-state index contributed by atoms with van der Waals surface area (Å²) < 4.78 is 1.58. The van der Waals surface area contributed by atoms with Crippen molar-refractivity contribution in [1.82, 2.24) is 25.3 Å². The largest absolute Gasteiger partial charge is 0.354 e. The molecule has 186 valence electrons. The number of nitrogens with one attached hydrogen (secondary N) is 1. The third-order valence-corrected chi connectivity index (χ3v) is 6.15. The van der Waals surface area contributed by atoms with Gasteiger partial charge in [0.25, 0.3) is 0 Å². The van der Waals surface area contributed by atoms with Gasteiger partial charge in [-0.1, -0.05) is 43.3 Å². The number of rotatable bonds is 9. The zero-order valence-electron chi connectivity index (χ0n) is 21.2. The molecule has 4 rings (SSSR count). The fraction of sp³-hybridized carbons (Fsp3) is 0.321. The van der Waals surface area contributed by atoms with E-state index in [0.29, 0.717) is 29.2 Å². The highest BCUT2D eigenvalue weighted by atomic mass is 16.2. The van der Waals surface area contributed by atoms with Crippen LogP contribution in [0.25, 0.3) is 11.0 Å². The fourth-order valence-corrected chi connectivity index (χ4v) is 4.18. The van der Waals surface area contributed by atoms with Crippen molar-refractivity contribution in [3.05, 3.63) is 83.7 Å². The van der Waals surface area contributed by atoms with Gasteiger partial charge in [0.1, 0.15) is 18.1 Å². The Morgan fingerprint density at radius 2 is 1.78 bits per heavy atom. The minimum atomic E-state index is -0.872. The van der Waals surface area contributed by atoms with E-state index in [1.165, 1.54) is 0 Å².